The summed E-state index contributed by atoms with van der Waals surface area (Å²) in [5, 5.41) is 3.56. The van der Waals surface area contributed by atoms with Gasteiger partial charge in [-0.1, -0.05) is 41.4 Å². The molecular weight excluding hydrogens is 429 g/mol. The van der Waals surface area contributed by atoms with Crippen molar-refractivity contribution in [3.05, 3.63) is 87.9 Å². The fourth-order valence-electron chi connectivity index (χ4n) is 2.56. The third kappa shape index (κ3) is 5.76. The second-order valence-corrected chi connectivity index (χ2v) is 7.94. The number of nitrogens with one attached hydrogen (secondary N) is 1. The summed E-state index contributed by atoms with van der Waals surface area (Å²) < 4.78 is 5.16. The van der Waals surface area contributed by atoms with Gasteiger partial charge in [0.25, 0.3) is 5.91 Å². The van der Waals surface area contributed by atoms with Crippen LogP contribution in [0.15, 0.2) is 71.6 Å². The van der Waals surface area contributed by atoms with Crippen LogP contribution in [0, 0.1) is 0 Å². The monoisotopic (exact) mass is 445 g/mol. The van der Waals surface area contributed by atoms with Gasteiger partial charge in [0, 0.05) is 21.2 Å². The second-order valence-electron chi connectivity index (χ2n) is 6.05. The number of ether oxygens (including phenoxy) is 1. The Morgan fingerprint density at radius 3 is 2.55 bits per heavy atom. The number of anilines is 1. The van der Waals surface area contributed by atoms with Gasteiger partial charge in [0.2, 0.25) is 0 Å². The third-order valence-electron chi connectivity index (χ3n) is 4.03. The average molecular weight is 446 g/mol. The maximum Gasteiger partial charge on any atom is 0.257 e. The van der Waals surface area contributed by atoms with Crippen molar-refractivity contribution in [1.29, 1.82) is 0 Å². The molecule has 0 fully saturated rings. The fraction of sp³-hybridized carbons (Fsp3) is 0.0909. The highest BCUT2D eigenvalue weighted by molar-refractivity contribution is 8.00. The molecule has 1 amide bonds. The molecule has 3 aromatic carbocycles. The second kappa shape index (κ2) is 9.83. The van der Waals surface area contributed by atoms with Crippen LogP contribution in [0.3, 0.4) is 0 Å². The molecule has 0 heterocycles. The first-order chi connectivity index (χ1) is 14.0. The van der Waals surface area contributed by atoms with Crippen LogP contribution in [0.1, 0.15) is 20.7 Å². The lowest BCUT2D eigenvalue weighted by molar-refractivity contribution is 0.101. The Hall–Kier alpha value is -2.47. The van der Waals surface area contributed by atoms with Crippen LogP contribution < -0.4 is 10.1 Å². The fourth-order valence-corrected chi connectivity index (χ4v) is 3.91. The minimum absolute atomic E-state index is 0.00344. The first kappa shape index (κ1) is 21.2. The van der Waals surface area contributed by atoms with Crippen molar-refractivity contribution in [1.82, 2.24) is 0 Å². The molecule has 0 atom stereocenters. The van der Waals surface area contributed by atoms with Crippen LogP contribution in [0.25, 0.3) is 0 Å². The normalized spacial score (nSPS) is 10.4. The quantitative estimate of drug-likeness (QED) is 0.345. The Morgan fingerprint density at radius 1 is 1.00 bits per heavy atom. The van der Waals surface area contributed by atoms with E-state index in [1.54, 1.807) is 49.6 Å². The maximum atomic E-state index is 12.5. The highest BCUT2D eigenvalue weighted by Gasteiger charge is 2.12. The van der Waals surface area contributed by atoms with E-state index in [9.17, 15) is 9.59 Å². The van der Waals surface area contributed by atoms with E-state index >= 15 is 0 Å². The molecule has 148 valence electrons. The van der Waals surface area contributed by atoms with Gasteiger partial charge in [0.1, 0.15) is 5.75 Å². The molecule has 0 saturated heterocycles. The first-order valence-corrected chi connectivity index (χ1v) is 10.4. The average Bonchev–Trinajstić information content (AvgIpc) is 2.72. The van der Waals surface area contributed by atoms with Gasteiger partial charge in [-0.05, 0) is 48.5 Å². The molecule has 3 rings (SSSR count). The number of methoxy groups -OCH3 is 1. The summed E-state index contributed by atoms with van der Waals surface area (Å²) in [7, 11) is 1.56. The van der Waals surface area contributed by atoms with Crippen LogP contribution >= 0.6 is 35.0 Å². The van der Waals surface area contributed by atoms with Crippen LogP contribution in [0.5, 0.6) is 5.75 Å². The summed E-state index contributed by atoms with van der Waals surface area (Å²) in [6, 6.07) is 19.1. The number of hydrogen-bond acceptors (Lipinski definition) is 4. The molecule has 3 aromatic rings. The van der Waals surface area contributed by atoms with Crippen molar-refractivity contribution in [2.75, 3.05) is 18.2 Å². The number of Topliss-reactive ketones (excluding diaryl/α,β-unsaturated/α-hetero) is 1. The summed E-state index contributed by atoms with van der Waals surface area (Å²) in [6.45, 7) is 0. The smallest absolute Gasteiger partial charge is 0.257 e. The number of hydrogen-bond donors (Lipinski definition) is 1. The Bertz CT molecular complexity index is 1060. The highest BCUT2D eigenvalue weighted by Crippen LogP contribution is 2.25. The van der Waals surface area contributed by atoms with Crippen molar-refractivity contribution < 1.29 is 14.3 Å². The van der Waals surface area contributed by atoms with Crippen molar-refractivity contribution >= 4 is 52.3 Å². The molecule has 0 aliphatic rings. The largest absolute Gasteiger partial charge is 0.497 e. The standard InChI is InChI=1S/C22H17Cl2NO3S/c1-28-17-6-2-4-14(10-17)21(26)13-29-18-7-3-5-16(12-18)25-22(27)19-9-8-15(23)11-20(19)24/h2-12H,13H2,1H3,(H,25,27). The molecular formula is C22H17Cl2NO3S. The zero-order valence-corrected chi connectivity index (χ0v) is 17.8. The number of ketones is 1. The minimum Gasteiger partial charge on any atom is -0.497 e. The third-order valence-corrected chi connectivity index (χ3v) is 5.57. The molecule has 0 radical (unpaired) electrons. The van der Waals surface area contributed by atoms with Gasteiger partial charge >= 0.3 is 0 Å². The van der Waals surface area contributed by atoms with Gasteiger partial charge in [-0.3, -0.25) is 9.59 Å². The Balaban J connectivity index is 1.64. The van der Waals surface area contributed by atoms with E-state index in [4.69, 9.17) is 27.9 Å². The van der Waals surface area contributed by atoms with Gasteiger partial charge in [-0.25, -0.2) is 0 Å². The molecule has 0 bridgehead atoms. The number of amides is 1. The van der Waals surface area contributed by atoms with E-state index in [0.29, 0.717) is 27.6 Å². The SMILES string of the molecule is COc1cccc(C(=O)CSc2cccc(NC(=O)c3ccc(Cl)cc3Cl)c2)c1. The van der Waals surface area contributed by atoms with Crippen molar-refractivity contribution in [2.24, 2.45) is 0 Å². The van der Waals surface area contributed by atoms with Gasteiger partial charge < -0.3 is 10.1 Å². The van der Waals surface area contributed by atoms with E-state index in [0.717, 1.165) is 4.90 Å². The topological polar surface area (TPSA) is 55.4 Å². The van der Waals surface area contributed by atoms with Crippen molar-refractivity contribution in [3.63, 3.8) is 0 Å². The van der Waals surface area contributed by atoms with Gasteiger partial charge in [-0.2, -0.15) is 0 Å². The van der Waals surface area contributed by atoms with E-state index in [1.165, 1.54) is 17.8 Å². The van der Waals surface area contributed by atoms with Gasteiger partial charge in [0.05, 0.1) is 23.4 Å². The predicted molar refractivity (Wildman–Crippen MR) is 119 cm³/mol. The summed E-state index contributed by atoms with van der Waals surface area (Å²) in [5.41, 5.74) is 1.54. The van der Waals surface area contributed by atoms with E-state index < -0.39 is 0 Å². The van der Waals surface area contributed by atoms with E-state index in [2.05, 4.69) is 5.32 Å². The molecule has 0 aromatic heterocycles. The first-order valence-electron chi connectivity index (χ1n) is 8.63. The lowest BCUT2D eigenvalue weighted by Gasteiger charge is -2.09. The predicted octanol–water partition coefficient (Wildman–Crippen LogP) is 6.23. The molecule has 0 saturated carbocycles. The maximum absolute atomic E-state index is 12.5. The summed E-state index contributed by atoms with van der Waals surface area (Å²) in [6.07, 6.45) is 0. The summed E-state index contributed by atoms with van der Waals surface area (Å²) in [4.78, 5) is 25.7. The van der Waals surface area contributed by atoms with Gasteiger partial charge in [0.15, 0.2) is 5.78 Å². The minimum atomic E-state index is -0.332. The Labute approximate surface area is 183 Å². The number of benzene rings is 3. The van der Waals surface area contributed by atoms with Crippen LogP contribution in [0.4, 0.5) is 5.69 Å². The van der Waals surface area contributed by atoms with Gasteiger partial charge in [-0.15, -0.1) is 11.8 Å². The van der Waals surface area contributed by atoms with Crippen molar-refractivity contribution in [2.45, 2.75) is 4.90 Å². The Kier molecular flexibility index (Phi) is 7.20. The zero-order chi connectivity index (χ0) is 20.8. The highest BCUT2D eigenvalue weighted by atomic mass is 35.5. The summed E-state index contributed by atoms with van der Waals surface area (Å²) in [5.74, 6) is 0.581. The lowest BCUT2D eigenvalue weighted by Crippen LogP contribution is -2.12. The lowest BCUT2D eigenvalue weighted by atomic mass is 10.1. The molecule has 0 aliphatic heterocycles. The van der Waals surface area contributed by atoms with Crippen LogP contribution in [-0.4, -0.2) is 24.6 Å². The van der Waals surface area contributed by atoms with Crippen molar-refractivity contribution in [3.8, 4) is 5.75 Å². The molecule has 1 N–H and O–H groups in total. The molecule has 0 unspecified atom stereocenters. The number of thioether (sulfide) groups is 1. The van der Waals surface area contributed by atoms with E-state index in [-0.39, 0.29) is 22.5 Å². The Morgan fingerprint density at radius 2 is 1.79 bits per heavy atom. The van der Waals surface area contributed by atoms with Crippen LogP contribution in [-0.2, 0) is 0 Å². The molecule has 0 aliphatic carbocycles. The molecule has 4 nitrogen and oxygen atoms in total. The number of carbonyl (C=O) groups is 2. The molecule has 0 spiro atoms. The number of rotatable bonds is 7. The number of carbonyl (C=O) groups excluding carboxylic acids is 2. The number of halogens is 2. The molecule has 7 heteroatoms. The zero-order valence-electron chi connectivity index (χ0n) is 15.4. The van der Waals surface area contributed by atoms with Crippen LogP contribution in [0.2, 0.25) is 10.0 Å². The van der Waals surface area contributed by atoms with E-state index in [1.807, 2.05) is 18.2 Å². The molecule has 29 heavy (non-hydrogen) atoms. The summed E-state index contributed by atoms with van der Waals surface area (Å²) >= 11 is 13.4.